The highest BCUT2D eigenvalue weighted by Gasteiger charge is 2.22. The van der Waals surface area contributed by atoms with Crippen molar-refractivity contribution in [3.8, 4) is 5.75 Å². The Hall–Kier alpha value is -3.09. The first-order valence-electron chi connectivity index (χ1n) is 8.60. The molecule has 1 aliphatic rings. The number of nitrogens with one attached hydrogen (secondary N) is 2. The van der Waals surface area contributed by atoms with Crippen molar-refractivity contribution in [1.82, 2.24) is 15.2 Å². The summed E-state index contributed by atoms with van der Waals surface area (Å²) in [6.45, 7) is 5.54. The van der Waals surface area contributed by atoms with Gasteiger partial charge in [-0.15, -0.1) is 0 Å². The molecule has 0 aliphatic carbocycles. The lowest BCUT2D eigenvalue weighted by atomic mass is 10.1. The molecule has 26 heavy (non-hydrogen) atoms. The van der Waals surface area contributed by atoms with Gasteiger partial charge < -0.3 is 20.3 Å². The quantitative estimate of drug-likeness (QED) is 0.887. The maximum absolute atomic E-state index is 12.9. The minimum atomic E-state index is -0.263. The molecule has 1 aromatic heterocycles. The molecule has 1 aliphatic heterocycles. The third-order valence-electron chi connectivity index (χ3n) is 4.16. The number of aryl methyl sites for hydroxylation is 1. The summed E-state index contributed by atoms with van der Waals surface area (Å²) in [6, 6.07) is 8.73. The van der Waals surface area contributed by atoms with Gasteiger partial charge in [0.15, 0.2) is 0 Å². The smallest absolute Gasteiger partial charge is 0.319 e. The highest BCUT2D eigenvalue weighted by atomic mass is 16.5. The van der Waals surface area contributed by atoms with Crippen molar-refractivity contribution in [2.45, 2.75) is 20.4 Å². The minimum Gasteiger partial charge on any atom is -0.491 e. The second-order valence-electron chi connectivity index (χ2n) is 6.02. The highest BCUT2D eigenvalue weighted by molar-refractivity contribution is 5.95. The zero-order chi connectivity index (χ0) is 18.5. The Morgan fingerprint density at radius 3 is 2.92 bits per heavy atom. The van der Waals surface area contributed by atoms with Gasteiger partial charge in [0.1, 0.15) is 12.4 Å². The number of ether oxygens (including phenoxy) is 1. The van der Waals surface area contributed by atoms with Crippen LogP contribution in [0.15, 0.2) is 36.5 Å². The largest absolute Gasteiger partial charge is 0.491 e. The number of hydrogen-bond acceptors (Lipinski definition) is 4. The van der Waals surface area contributed by atoms with Crippen LogP contribution in [0.1, 0.15) is 28.5 Å². The lowest BCUT2D eigenvalue weighted by molar-refractivity contribution is 0.0732. The van der Waals surface area contributed by atoms with E-state index in [1.165, 1.54) is 0 Å². The number of fused-ring (bicyclic) bond motifs is 1. The summed E-state index contributed by atoms with van der Waals surface area (Å²) in [7, 11) is 0. The van der Waals surface area contributed by atoms with E-state index < -0.39 is 0 Å². The lowest BCUT2D eigenvalue weighted by Gasteiger charge is -2.20. The summed E-state index contributed by atoms with van der Waals surface area (Å²) < 4.78 is 5.76. The van der Waals surface area contributed by atoms with E-state index in [2.05, 4.69) is 15.6 Å². The molecule has 0 fully saturated rings. The first-order valence-corrected chi connectivity index (χ1v) is 8.60. The number of aromatic nitrogens is 1. The third kappa shape index (κ3) is 3.93. The summed E-state index contributed by atoms with van der Waals surface area (Å²) in [5.41, 5.74) is 2.80. The van der Waals surface area contributed by atoms with Crippen LogP contribution in [0.3, 0.4) is 0 Å². The topological polar surface area (TPSA) is 83.6 Å². The van der Waals surface area contributed by atoms with Crippen LogP contribution in [-0.2, 0) is 6.54 Å². The van der Waals surface area contributed by atoms with Crippen LogP contribution in [0, 0.1) is 6.92 Å². The van der Waals surface area contributed by atoms with Gasteiger partial charge in [-0.1, -0.05) is 0 Å². The van der Waals surface area contributed by atoms with Crippen LogP contribution in [0.25, 0.3) is 0 Å². The van der Waals surface area contributed by atoms with E-state index in [0.717, 1.165) is 11.3 Å². The van der Waals surface area contributed by atoms with Gasteiger partial charge in [0.2, 0.25) is 0 Å². The number of carbonyl (C=O) groups is 2. The van der Waals surface area contributed by atoms with Crippen LogP contribution in [-0.4, -0.2) is 41.5 Å². The van der Waals surface area contributed by atoms with Gasteiger partial charge in [-0.3, -0.25) is 9.78 Å². The number of urea groups is 1. The molecule has 2 N–H and O–H groups in total. The molecular weight excluding hydrogens is 332 g/mol. The molecule has 136 valence electrons. The van der Waals surface area contributed by atoms with E-state index in [-0.39, 0.29) is 11.9 Å². The second kappa shape index (κ2) is 7.86. The predicted octanol–water partition coefficient (Wildman–Crippen LogP) is 2.57. The molecule has 0 saturated heterocycles. The van der Waals surface area contributed by atoms with E-state index in [4.69, 9.17) is 4.74 Å². The first kappa shape index (κ1) is 17.7. The Morgan fingerprint density at radius 1 is 1.31 bits per heavy atom. The predicted molar refractivity (Wildman–Crippen MR) is 98.3 cm³/mol. The Balaban J connectivity index is 1.81. The molecule has 3 amide bonds. The van der Waals surface area contributed by atoms with Gasteiger partial charge in [0.05, 0.1) is 12.1 Å². The fraction of sp³-hybridized carbons (Fsp3) is 0.316. The van der Waals surface area contributed by atoms with E-state index in [9.17, 15) is 9.59 Å². The van der Waals surface area contributed by atoms with Crippen LogP contribution in [0.4, 0.5) is 10.5 Å². The van der Waals surface area contributed by atoms with Crippen LogP contribution < -0.4 is 15.4 Å². The Labute approximate surface area is 152 Å². The summed E-state index contributed by atoms with van der Waals surface area (Å²) in [5, 5.41) is 5.47. The Bertz CT molecular complexity index is 822. The van der Waals surface area contributed by atoms with Gasteiger partial charge in [0.25, 0.3) is 5.91 Å². The normalized spacial score (nSPS) is 13.2. The number of benzene rings is 1. The maximum Gasteiger partial charge on any atom is 0.319 e. The number of anilines is 1. The van der Waals surface area contributed by atoms with Crippen molar-refractivity contribution in [1.29, 1.82) is 0 Å². The zero-order valence-electron chi connectivity index (χ0n) is 14.9. The SMILES string of the molecule is CCNC(=O)Nc1ccc2c(c1)CN(C(=O)c1cccnc1C)CCO2. The van der Waals surface area contributed by atoms with Gasteiger partial charge in [-0.25, -0.2) is 4.79 Å². The minimum absolute atomic E-state index is 0.0749. The second-order valence-corrected chi connectivity index (χ2v) is 6.02. The molecule has 0 spiro atoms. The van der Waals surface area contributed by atoms with Crippen molar-refractivity contribution in [2.75, 3.05) is 25.0 Å². The molecular formula is C19H22N4O3. The van der Waals surface area contributed by atoms with Crippen molar-refractivity contribution in [3.05, 3.63) is 53.3 Å². The van der Waals surface area contributed by atoms with E-state index >= 15 is 0 Å². The number of pyridine rings is 1. The molecule has 2 aromatic rings. The number of rotatable bonds is 3. The molecule has 7 heteroatoms. The fourth-order valence-corrected chi connectivity index (χ4v) is 2.86. The number of carbonyl (C=O) groups excluding carboxylic acids is 2. The molecule has 0 unspecified atom stereocenters. The lowest BCUT2D eigenvalue weighted by Crippen LogP contribution is -2.33. The van der Waals surface area contributed by atoms with Crippen molar-refractivity contribution >= 4 is 17.6 Å². The van der Waals surface area contributed by atoms with Crippen molar-refractivity contribution in [3.63, 3.8) is 0 Å². The highest BCUT2D eigenvalue weighted by Crippen LogP contribution is 2.27. The molecule has 3 rings (SSSR count). The summed E-state index contributed by atoms with van der Waals surface area (Å²) in [6.07, 6.45) is 1.67. The summed E-state index contributed by atoms with van der Waals surface area (Å²) in [4.78, 5) is 30.5. The van der Waals surface area contributed by atoms with Gasteiger partial charge in [-0.2, -0.15) is 0 Å². The first-order chi connectivity index (χ1) is 12.6. The third-order valence-corrected chi connectivity index (χ3v) is 4.16. The molecule has 1 aromatic carbocycles. The standard InChI is InChI=1S/C19H22N4O3/c1-3-20-19(25)22-15-6-7-17-14(11-15)12-23(9-10-26-17)18(24)16-5-4-8-21-13(16)2/h4-8,11H,3,9-10,12H2,1-2H3,(H2,20,22,25). The van der Waals surface area contributed by atoms with E-state index in [1.54, 1.807) is 29.3 Å². The van der Waals surface area contributed by atoms with Crippen LogP contribution in [0.5, 0.6) is 5.75 Å². The van der Waals surface area contributed by atoms with Gasteiger partial charge >= 0.3 is 6.03 Å². The van der Waals surface area contributed by atoms with Crippen LogP contribution in [0.2, 0.25) is 0 Å². The molecule has 0 saturated carbocycles. The van der Waals surface area contributed by atoms with Crippen LogP contribution >= 0.6 is 0 Å². The molecule has 7 nitrogen and oxygen atoms in total. The Morgan fingerprint density at radius 2 is 2.15 bits per heavy atom. The molecule has 0 bridgehead atoms. The van der Waals surface area contributed by atoms with Crippen molar-refractivity contribution < 1.29 is 14.3 Å². The average Bonchev–Trinajstić information content (AvgIpc) is 2.83. The zero-order valence-corrected chi connectivity index (χ0v) is 14.9. The van der Waals surface area contributed by atoms with E-state index in [1.807, 2.05) is 26.0 Å². The molecule has 0 radical (unpaired) electrons. The van der Waals surface area contributed by atoms with Gasteiger partial charge in [-0.05, 0) is 44.2 Å². The van der Waals surface area contributed by atoms with Gasteiger partial charge in [0, 0.05) is 36.2 Å². The van der Waals surface area contributed by atoms with Crippen molar-refractivity contribution in [2.24, 2.45) is 0 Å². The Kier molecular flexibility index (Phi) is 5.36. The monoisotopic (exact) mass is 354 g/mol. The number of amides is 3. The summed E-state index contributed by atoms with van der Waals surface area (Å²) in [5.74, 6) is 0.652. The number of hydrogen-bond donors (Lipinski definition) is 2. The molecule has 2 heterocycles. The fourth-order valence-electron chi connectivity index (χ4n) is 2.86. The maximum atomic E-state index is 12.9. The summed E-state index contributed by atoms with van der Waals surface area (Å²) >= 11 is 0. The number of nitrogens with zero attached hydrogens (tertiary/aromatic N) is 2. The van der Waals surface area contributed by atoms with E-state index in [0.29, 0.717) is 43.2 Å². The average molecular weight is 354 g/mol. The molecule has 0 atom stereocenters.